The number of benzene rings is 1. The summed E-state index contributed by atoms with van der Waals surface area (Å²) in [7, 11) is 0. The molecule has 0 spiro atoms. The number of amides is 2. The summed E-state index contributed by atoms with van der Waals surface area (Å²) >= 11 is 8.80. The highest BCUT2D eigenvalue weighted by molar-refractivity contribution is 8.13. The summed E-state index contributed by atoms with van der Waals surface area (Å²) in [6.45, 7) is 1.02. The van der Waals surface area contributed by atoms with Crippen molar-refractivity contribution in [2.45, 2.75) is 12.0 Å². The predicted molar refractivity (Wildman–Crippen MR) is 134 cm³/mol. The Morgan fingerprint density at radius 3 is 2.76 bits per heavy atom. The molecule has 4 heterocycles. The number of rotatable bonds is 4. The van der Waals surface area contributed by atoms with Crippen molar-refractivity contribution in [2.75, 3.05) is 24.3 Å². The molecule has 5 rings (SSSR count). The van der Waals surface area contributed by atoms with E-state index in [1.54, 1.807) is 29.6 Å². The van der Waals surface area contributed by atoms with Crippen molar-refractivity contribution in [1.29, 1.82) is 0 Å². The molecule has 8 nitrogen and oxygen atoms in total. The molecule has 2 aromatic heterocycles. The zero-order valence-electron chi connectivity index (χ0n) is 17.9. The molecule has 3 aromatic rings. The van der Waals surface area contributed by atoms with E-state index < -0.39 is 5.54 Å². The van der Waals surface area contributed by atoms with Gasteiger partial charge in [-0.1, -0.05) is 41.6 Å². The number of nitrogens with one attached hydrogen (secondary N) is 2. The van der Waals surface area contributed by atoms with Gasteiger partial charge in [0.05, 0.1) is 11.6 Å². The number of thioether (sulfide) groups is 1. The van der Waals surface area contributed by atoms with E-state index in [-0.39, 0.29) is 23.4 Å². The molecular formula is C23H20ClN5O3S2. The molecule has 2 amide bonds. The maximum absolute atomic E-state index is 12.7. The molecule has 174 valence electrons. The van der Waals surface area contributed by atoms with Crippen LogP contribution in [0.5, 0.6) is 0 Å². The van der Waals surface area contributed by atoms with Gasteiger partial charge in [0.1, 0.15) is 22.1 Å². The Morgan fingerprint density at radius 1 is 1.12 bits per heavy atom. The SMILES string of the molecule is O=C(NC1=NC2(c3nc(NC(=O)c4ccc(Cl)cn4)cs3)COCCC2CS1)c1ccccc1. The van der Waals surface area contributed by atoms with Crippen LogP contribution >= 0.6 is 34.7 Å². The third kappa shape index (κ3) is 4.72. The summed E-state index contributed by atoms with van der Waals surface area (Å²) < 4.78 is 5.83. The molecule has 0 radical (unpaired) electrons. The highest BCUT2D eigenvalue weighted by atomic mass is 35.5. The van der Waals surface area contributed by atoms with Crippen LogP contribution in [0.2, 0.25) is 5.02 Å². The van der Waals surface area contributed by atoms with Crippen molar-refractivity contribution >= 4 is 57.5 Å². The Kier molecular flexibility index (Phi) is 6.64. The highest BCUT2D eigenvalue weighted by Gasteiger charge is 2.48. The van der Waals surface area contributed by atoms with E-state index in [0.29, 0.717) is 34.8 Å². The van der Waals surface area contributed by atoms with Gasteiger partial charge in [-0.2, -0.15) is 0 Å². The first-order valence-corrected chi connectivity index (χ1v) is 12.8. The summed E-state index contributed by atoms with van der Waals surface area (Å²) in [5, 5.41) is 9.24. The van der Waals surface area contributed by atoms with E-state index in [9.17, 15) is 9.59 Å². The molecule has 2 aliphatic rings. The van der Waals surface area contributed by atoms with E-state index in [0.717, 1.165) is 17.2 Å². The van der Waals surface area contributed by atoms with Crippen molar-refractivity contribution < 1.29 is 14.3 Å². The van der Waals surface area contributed by atoms with Crippen molar-refractivity contribution in [3.63, 3.8) is 0 Å². The number of amidine groups is 1. The molecule has 34 heavy (non-hydrogen) atoms. The lowest BCUT2D eigenvalue weighted by molar-refractivity contribution is 0.00436. The van der Waals surface area contributed by atoms with Gasteiger partial charge in [0, 0.05) is 35.4 Å². The third-order valence-electron chi connectivity index (χ3n) is 5.66. The van der Waals surface area contributed by atoms with E-state index in [1.165, 1.54) is 29.3 Å². The van der Waals surface area contributed by atoms with Gasteiger partial charge < -0.3 is 15.4 Å². The first-order chi connectivity index (χ1) is 16.5. The molecule has 11 heteroatoms. The molecule has 0 bridgehead atoms. The van der Waals surface area contributed by atoms with E-state index in [2.05, 4.69) is 20.6 Å². The molecule has 2 unspecified atom stereocenters. The van der Waals surface area contributed by atoms with E-state index in [1.807, 2.05) is 18.2 Å². The number of aromatic nitrogens is 2. The normalized spacial score (nSPS) is 21.8. The number of aliphatic imine (C=N–C) groups is 1. The van der Waals surface area contributed by atoms with Gasteiger partial charge >= 0.3 is 0 Å². The average molecular weight is 514 g/mol. The second kappa shape index (κ2) is 9.83. The number of ether oxygens (including phenoxy) is 1. The van der Waals surface area contributed by atoms with Gasteiger partial charge in [0.25, 0.3) is 11.8 Å². The number of carbonyl (C=O) groups excluding carboxylic acids is 2. The Balaban J connectivity index is 1.39. The van der Waals surface area contributed by atoms with Crippen molar-refractivity contribution in [2.24, 2.45) is 10.9 Å². The lowest BCUT2D eigenvalue weighted by Crippen LogP contribution is -2.48. The Morgan fingerprint density at radius 2 is 1.97 bits per heavy atom. The molecule has 1 aromatic carbocycles. The molecule has 2 atom stereocenters. The fraction of sp³-hybridized carbons (Fsp3) is 0.261. The van der Waals surface area contributed by atoms with Crippen LogP contribution in [0, 0.1) is 5.92 Å². The van der Waals surface area contributed by atoms with Crippen molar-refractivity contribution in [3.8, 4) is 0 Å². The van der Waals surface area contributed by atoms with Crippen LogP contribution in [0.15, 0.2) is 59.0 Å². The van der Waals surface area contributed by atoms with Crippen LogP contribution in [0.1, 0.15) is 32.3 Å². The minimum atomic E-state index is -0.713. The van der Waals surface area contributed by atoms with Crippen LogP contribution < -0.4 is 10.6 Å². The van der Waals surface area contributed by atoms with Gasteiger partial charge in [-0.15, -0.1) is 11.3 Å². The molecule has 0 saturated carbocycles. The number of pyridine rings is 1. The first-order valence-electron chi connectivity index (χ1n) is 10.6. The smallest absolute Gasteiger partial charge is 0.275 e. The standard InChI is InChI=1S/C23H20ClN5O3S2/c24-16-6-7-17(25-10-16)20(31)26-18-12-33-21(27-18)23-13-32-9-8-15(23)11-34-22(29-23)28-19(30)14-4-2-1-3-5-14/h1-7,10,12,15H,8-9,11,13H2,(H,26,31)(H,28,29,30). The van der Waals surface area contributed by atoms with Gasteiger partial charge in [0.2, 0.25) is 0 Å². The summed E-state index contributed by atoms with van der Waals surface area (Å²) in [6, 6.07) is 12.2. The van der Waals surface area contributed by atoms with Crippen LogP contribution in [0.3, 0.4) is 0 Å². The van der Waals surface area contributed by atoms with E-state index >= 15 is 0 Å². The van der Waals surface area contributed by atoms with Crippen LogP contribution in [-0.4, -0.2) is 45.9 Å². The van der Waals surface area contributed by atoms with Crippen LogP contribution in [-0.2, 0) is 10.3 Å². The van der Waals surface area contributed by atoms with Crippen LogP contribution in [0.4, 0.5) is 5.82 Å². The third-order valence-corrected chi connectivity index (χ3v) is 7.93. The molecular weight excluding hydrogens is 494 g/mol. The topological polar surface area (TPSA) is 106 Å². The number of halogens is 1. The summed E-state index contributed by atoms with van der Waals surface area (Å²) in [6.07, 6.45) is 2.26. The number of hydrogen-bond donors (Lipinski definition) is 2. The fourth-order valence-corrected chi connectivity index (χ4v) is 6.14. The Labute approximate surface area is 209 Å². The molecule has 0 aliphatic carbocycles. The minimum absolute atomic E-state index is 0.205. The summed E-state index contributed by atoms with van der Waals surface area (Å²) in [5.41, 5.74) is 0.0977. The number of anilines is 1. The number of nitrogens with zero attached hydrogens (tertiary/aromatic N) is 3. The van der Waals surface area contributed by atoms with Crippen molar-refractivity contribution in [1.82, 2.24) is 15.3 Å². The maximum atomic E-state index is 12.7. The van der Waals surface area contributed by atoms with E-state index in [4.69, 9.17) is 21.3 Å². The summed E-state index contributed by atoms with van der Waals surface area (Å²) in [4.78, 5) is 38.9. The molecule has 1 fully saturated rings. The zero-order chi connectivity index (χ0) is 23.5. The largest absolute Gasteiger partial charge is 0.378 e. The second-order valence-electron chi connectivity index (χ2n) is 7.86. The lowest BCUT2D eigenvalue weighted by Gasteiger charge is -2.42. The minimum Gasteiger partial charge on any atom is -0.378 e. The highest BCUT2D eigenvalue weighted by Crippen LogP contribution is 2.46. The number of carbonyl (C=O) groups is 2. The van der Waals surface area contributed by atoms with Gasteiger partial charge in [-0.05, 0) is 30.7 Å². The maximum Gasteiger partial charge on any atom is 0.275 e. The average Bonchev–Trinajstić information content (AvgIpc) is 3.34. The van der Waals surface area contributed by atoms with Gasteiger partial charge in [-0.3, -0.25) is 9.59 Å². The van der Waals surface area contributed by atoms with Crippen molar-refractivity contribution in [3.05, 3.63) is 75.3 Å². The first kappa shape index (κ1) is 23.0. The molecule has 2 N–H and O–H groups in total. The molecule has 1 saturated heterocycles. The number of thiazole rings is 1. The van der Waals surface area contributed by atoms with Gasteiger partial charge in [0.15, 0.2) is 5.17 Å². The van der Waals surface area contributed by atoms with Gasteiger partial charge in [-0.25, -0.2) is 15.0 Å². The second-order valence-corrected chi connectivity index (χ2v) is 10.2. The Hall–Kier alpha value is -2.79. The van der Waals surface area contributed by atoms with Crippen LogP contribution in [0.25, 0.3) is 0 Å². The lowest BCUT2D eigenvalue weighted by atomic mass is 9.82. The number of fused-ring (bicyclic) bond motifs is 1. The summed E-state index contributed by atoms with van der Waals surface area (Å²) in [5.74, 6) is 0.827. The fourth-order valence-electron chi connectivity index (χ4n) is 3.88. The molecule has 2 aliphatic heterocycles. The quantitative estimate of drug-likeness (QED) is 0.541. The zero-order valence-corrected chi connectivity index (χ0v) is 20.3. The number of hydrogen-bond acceptors (Lipinski definition) is 8. The Bertz CT molecular complexity index is 1230. The monoisotopic (exact) mass is 513 g/mol. The predicted octanol–water partition coefficient (Wildman–Crippen LogP) is 4.21.